The zero-order valence-electron chi connectivity index (χ0n) is 10.2. The first-order chi connectivity index (χ1) is 8.29. The van der Waals surface area contributed by atoms with Gasteiger partial charge >= 0.3 is 24.8 Å². The molecular weight excluding hydrogens is 223 g/mol. The van der Waals surface area contributed by atoms with Crippen LogP contribution >= 0.6 is 0 Å². The van der Waals surface area contributed by atoms with Gasteiger partial charge in [0.05, 0.1) is 0 Å². The minimum atomic E-state index is -0.964. The Labute approximate surface area is 119 Å². The number of carbonyl (C=O) groups is 1. The van der Waals surface area contributed by atoms with Gasteiger partial charge in [0.25, 0.3) is 0 Å². The second kappa shape index (κ2) is 10.5. The fourth-order valence-electron chi connectivity index (χ4n) is 1.00. The van der Waals surface area contributed by atoms with Crippen LogP contribution in [0.3, 0.4) is 0 Å². The van der Waals surface area contributed by atoms with Gasteiger partial charge in [0.2, 0.25) is 0 Å². The first-order valence-electron chi connectivity index (χ1n) is 5.10. The van der Waals surface area contributed by atoms with Crippen molar-refractivity contribution in [2.24, 2.45) is 0 Å². The van der Waals surface area contributed by atoms with Crippen molar-refractivity contribution in [3.8, 4) is 5.75 Å². The molecule has 0 aliphatic rings. The minimum Gasteiger partial charge on any atom is -0.482 e. The maximum Gasteiger partial charge on any atom is 1.00 e. The Kier molecular flexibility index (Phi) is 9.48. The largest absolute Gasteiger partial charge is 1.00 e. The van der Waals surface area contributed by atoms with Gasteiger partial charge in [-0.1, -0.05) is 18.2 Å². The number of ether oxygens (including phenoxy) is 1. The third kappa shape index (κ3) is 8.46. The van der Waals surface area contributed by atoms with Crippen molar-refractivity contribution in [1.82, 2.24) is 0 Å². The van der Waals surface area contributed by atoms with Crippen LogP contribution in [0.15, 0.2) is 60.7 Å². The normalized spacial score (nSPS) is 8.22. The summed E-state index contributed by atoms with van der Waals surface area (Å²) >= 11 is 0. The minimum absolute atomic E-state index is 0. The summed E-state index contributed by atoms with van der Waals surface area (Å²) < 4.78 is 4.87. The van der Waals surface area contributed by atoms with Gasteiger partial charge in [0.1, 0.15) is 5.75 Å². The Balaban J connectivity index is 0.000000352. The molecule has 0 radical (unpaired) electrons. The molecule has 1 N–H and O–H groups in total. The molecule has 88 valence electrons. The van der Waals surface area contributed by atoms with E-state index in [0.717, 1.165) is 0 Å². The van der Waals surface area contributed by atoms with Crippen LogP contribution in [0.1, 0.15) is 0 Å². The molecule has 0 atom stereocenters. The molecule has 0 fully saturated rings. The average molecular weight is 236 g/mol. The van der Waals surface area contributed by atoms with E-state index in [2.05, 4.69) is 6.07 Å². The summed E-state index contributed by atoms with van der Waals surface area (Å²) in [6.07, 6.45) is 0. The van der Waals surface area contributed by atoms with Gasteiger partial charge in [-0.05, 0) is 12.1 Å². The van der Waals surface area contributed by atoms with Crippen molar-refractivity contribution in [3.05, 3.63) is 66.7 Å². The van der Waals surface area contributed by atoms with Gasteiger partial charge in [-0.3, -0.25) is 0 Å². The smallest absolute Gasteiger partial charge is 0.482 e. The molecule has 0 aliphatic heterocycles. The number of hydrogen-bond donors (Lipinski definition) is 1. The van der Waals surface area contributed by atoms with E-state index < -0.39 is 5.97 Å². The molecule has 0 saturated carbocycles. The van der Waals surface area contributed by atoms with Crippen molar-refractivity contribution in [2.75, 3.05) is 6.61 Å². The number of benzene rings is 2. The summed E-state index contributed by atoms with van der Waals surface area (Å²) in [6, 6.07) is 21.3. The van der Waals surface area contributed by atoms with Crippen LogP contribution < -0.4 is 23.6 Å². The van der Waals surface area contributed by atoms with Gasteiger partial charge in [0.15, 0.2) is 6.61 Å². The Bertz CT molecular complexity index is 391. The summed E-state index contributed by atoms with van der Waals surface area (Å²) in [5.41, 5.74) is 0. The van der Waals surface area contributed by atoms with Gasteiger partial charge < -0.3 is 9.84 Å². The van der Waals surface area contributed by atoms with Gasteiger partial charge in [-0.2, -0.15) is 36.4 Å². The van der Waals surface area contributed by atoms with Crippen LogP contribution in [0.4, 0.5) is 0 Å². The first kappa shape index (κ1) is 16.3. The van der Waals surface area contributed by atoms with Gasteiger partial charge in [-0.25, -0.2) is 4.79 Å². The predicted molar refractivity (Wildman–Crippen MR) is 64.9 cm³/mol. The molecule has 0 aliphatic carbocycles. The summed E-state index contributed by atoms with van der Waals surface area (Å²) in [5, 5.41) is 8.25. The molecule has 0 unspecified atom stereocenters. The molecule has 0 heterocycles. The molecule has 2 aromatic rings. The Morgan fingerprint density at radius 2 is 1.61 bits per heavy atom. The SMILES string of the molecule is O=C(O)COc1ccccc1.[Li+].[c-]1ccccc1. The van der Waals surface area contributed by atoms with E-state index in [-0.39, 0.29) is 25.5 Å². The monoisotopic (exact) mass is 236 g/mol. The quantitative estimate of drug-likeness (QED) is 0.585. The topological polar surface area (TPSA) is 46.5 Å². The molecule has 2 aromatic carbocycles. The Hall–Kier alpha value is -1.69. The first-order valence-corrected chi connectivity index (χ1v) is 5.10. The van der Waals surface area contributed by atoms with Crippen molar-refractivity contribution in [2.45, 2.75) is 0 Å². The van der Waals surface area contributed by atoms with Crippen LogP contribution in [0.2, 0.25) is 0 Å². The van der Waals surface area contributed by atoms with Crippen molar-refractivity contribution in [1.29, 1.82) is 0 Å². The van der Waals surface area contributed by atoms with E-state index in [1.807, 2.05) is 36.4 Å². The predicted octanol–water partition coefficient (Wildman–Crippen LogP) is -0.359. The van der Waals surface area contributed by atoms with Crippen LogP contribution in [-0.2, 0) is 4.79 Å². The number of carboxylic acids is 1. The average Bonchev–Trinajstić information content (AvgIpc) is 2.40. The van der Waals surface area contributed by atoms with Gasteiger partial charge in [0, 0.05) is 0 Å². The van der Waals surface area contributed by atoms with Crippen LogP contribution in [0, 0.1) is 6.07 Å². The fourth-order valence-corrected chi connectivity index (χ4v) is 1.00. The number of aliphatic carboxylic acids is 1. The number of carboxylic acid groups (broad SMARTS) is 1. The molecule has 2 rings (SSSR count). The van der Waals surface area contributed by atoms with E-state index in [1.165, 1.54) is 0 Å². The van der Waals surface area contributed by atoms with Crippen molar-refractivity contribution in [3.63, 3.8) is 0 Å². The Morgan fingerprint density at radius 3 is 2.00 bits per heavy atom. The van der Waals surface area contributed by atoms with E-state index >= 15 is 0 Å². The molecule has 0 amide bonds. The number of rotatable bonds is 3. The summed E-state index contributed by atoms with van der Waals surface area (Å²) in [5.74, 6) is -0.385. The third-order valence-corrected chi connectivity index (χ3v) is 1.71. The van der Waals surface area contributed by atoms with E-state index in [1.54, 1.807) is 24.3 Å². The molecule has 18 heavy (non-hydrogen) atoms. The van der Waals surface area contributed by atoms with E-state index in [4.69, 9.17) is 9.84 Å². The maximum atomic E-state index is 10.0. The van der Waals surface area contributed by atoms with Crippen LogP contribution in [0.5, 0.6) is 5.75 Å². The molecule has 0 spiro atoms. The zero-order chi connectivity index (χ0) is 12.3. The molecule has 0 saturated heterocycles. The summed E-state index contributed by atoms with van der Waals surface area (Å²) in [6.45, 7) is -0.288. The van der Waals surface area contributed by atoms with E-state index in [0.29, 0.717) is 5.75 Å². The van der Waals surface area contributed by atoms with E-state index in [9.17, 15) is 4.79 Å². The standard InChI is InChI=1S/C8H8O3.C6H5.Li/c9-8(10)6-11-7-4-2-1-3-5-7;1-2-4-6-5-3-1;/h1-5H,6H2,(H,9,10);1-5H;/q;-1;+1. The van der Waals surface area contributed by atoms with Crippen molar-refractivity contribution < 1.29 is 33.5 Å². The summed E-state index contributed by atoms with van der Waals surface area (Å²) in [7, 11) is 0. The molecule has 4 heteroatoms. The second-order valence-electron chi connectivity index (χ2n) is 3.07. The molecular formula is C14H13LiO3. The number of para-hydroxylation sites is 1. The van der Waals surface area contributed by atoms with Crippen LogP contribution in [0.25, 0.3) is 0 Å². The third-order valence-electron chi connectivity index (χ3n) is 1.71. The molecule has 3 nitrogen and oxygen atoms in total. The number of hydrogen-bond acceptors (Lipinski definition) is 2. The Morgan fingerprint density at radius 1 is 1.06 bits per heavy atom. The fraction of sp³-hybridized carbons (Fsp3) is 0.0714. The van der Waals surface area contributed by atoms with Crippen molar-refractivity contribution >= 4 is 5.97 Å². The molecule has 0 bridgehead atoms. The zero-order valence-corrected chi connectivity index (χ0v) is 10.2. The maximum absolute atomic E-state index is 10.0. The van der Waals surface area contributed by atoms with Gasteiger partial charge in [-0.15, -0.1) is 0 Å². The van der Waals surface area contributed by atoms with Crippen LogP contribution in [-0.4, -0.2) is 17.7 Å². The summed E-state index contributed by atoms with van der Waals surface area (Å²) in [4.78, 5) is 10.0. The molecule has 0 aromatic heterocycles. The second-order valence-corrected chi connectivity index (χ2v) is 3.07.